The van der Waals surface area contributed by atoms with E-state index in [-0.39, 0.29) is 12.1 Å². The molecule has 1 fully saturated rings. The van der Waals surface area contributed by atoms with Gasteiger partial charge < -0.3 is 10.6 Å². The number of amides is 1. The summed E-state index contributed by atoms with van der Waals surface area (Å²) < 4.78 is 13.3. The van der Waals surface area contributed by atoms with Crippen LogP contribution in [-0.2, 0) is 4.79 Å². The largest absolute Gasteiger partial charge is 0.336 e. The molecule has 0 aromatic rings. The smallest absolute Gasteiger partial charge is 0.259 e. The quantitative estimate of drug-likeness (QED) is 0.658. The molecule has 1 saturated heterocycles. The molecule has 1 amide bonds. The molecule has 0 saturated carbocycles. The Labute approximate surface area is 78.1 Å². The van der Waals surface area contributed by atoms with E-state index >= 15 is 0 Å². The molecule has 0 spiro atoms. The Morgan fingerprint density at radius 2 is 2.15 bits per heavy atom. The van der Waals surface area contributed by atoms with E-state index in [1.807, 2.05) is 6.92 Å². The molecule has 0 radical (unpaired) electrons. The minimum absolute atomic E-state index is 0.00806. The van der Waals surface area contributed by atoms with E-state index < -0.39 is 11.6 Å². The zero-order valence-electron chi connectivity index (χ0n) is 8.38. The summed E-state index contributed by atoms with van der Waals surface area (Å²) in [6.45, 7) is 5.01. The second-order valence-corrected chi connectivity index (χ2v) is 4.16. The van der Waals surface area contributed by atoms with Gasteiger partial charge in [-0.25, -0.2) is 4.39 Å². The van der Waals surface area contributed by atoms with Crippen molar-refractivity contribution in [3.05, 3.63) is 0 Å². The minimum Gasteiger partial charge on any atom is -0.336 e. The van der Waals surface area contributed by atoms with Crippen LogP contribution in [0.1, 0.15) is 27.2 Å². The van der Waals surface area contributed by atoms with Crippen LogP contribution < -0.4 is 5.73 Å². The van der Waals surface area contributed by atoms with E-state index in [4.69, 9.17) is 5.73 Å². The molecule has 1 rings (SSSR count). The van der Waals surface area contributed by atoms with Crippen LogP contribution in [0.4, 0.5) is 4.39 Å². The van der Waals surface area contributed by atoms with Gasteiger partial charge in [-0.05, 0) is 27.2 Å². The lowest BCUT2D eigenvalue weighted by Gasteiger charge is -2.27. The summed E-state index contributed by atoms with van der Waals surface area (Å²) in [7, 11) is 0. The van der Waals surface area contributed by atoms with Gasteiger partial charge in [0.1, 0.15) is 0 Å². The first-order valence-corrected chi connectivity index (χ1v) is 4.59. The first-order chi connectivity index (χ1) is 5.84. The number of rotatable bonds is 1. The normalized spacial score (nSPS) is 29.5. The maximum absolute atomic E-state index is 13.3. The molecule has 1 aliphatic heterocycles. The third-order valence-electron chi connectivity index (χ3n) is 2.58. The number of carbonyl (C=O) groups excluding carboxylic acids is 1. The maximum Gasteiger partial charge on any atom is 0.259 e. The molecule has 0 aromatic carbocycles. The van der Waals surface area contributed by atoms with Gasteiger partial charge in [-0.2, -0.15) is 0 Å². The molecule has 2 atom stereocenters. The van der Waals surface area contributed by atoms with Crippen LogP contribution in [0, 0.1) is 0 Å². The van der Waals surface area contributed by atoms with Gasteiger partial charge in [0.25, 0.3) is 5.91 Å². The van der Waals surface area contributed by atoms with Gasteiger partial charge in [0, 0.05) is 18.6 Å². The predicted octanol–water partition coefficient (Wildman–Crippen LogP) is 0.683. The van der Waals surface area contributed by atoms with E-state index in [9.17, 15) is 9.18 Å². The second kappa shape index (κ2) is 3.25. The molecule has 0 bridgehead atoms. The lowest BCUT2D eigenvalue weighted by atomic mass is 10.1. The highest BCUT2D eigenvalue weighted by molar-refractivity contribution is 5.84. The SMILES string of the molecule is CC1C(N)CCN1C(=O)C(C)(C)F. The first-order valence-electron chi connectivity index (χ1n) is 4.59. The van der Waals surface area contributed by atoms with Crippen LogP contribution in [0.2, 0.25) is 0 Å². The summed E-state index contributed by atoms with van der Waals surface area (Å²) >= 11 is 0. The molecule has 76 valence electrons. The van der Waals surface area contributed by atoms with E-state index in [0.717, 1.165) is 6.42 Å². The Balaban J connectivity index is 2.69. The molecule has 13 heavy (non-hydrogen) atoms. The van der Waals surface area contributed by atoms with Gasteiger partial charge in [-0.3, -0.25) is 4.79 Å². The lowest BCUT2D eigenvalue weighted by Crippen LogP contribution is -2.47. The summed E-state index contributed by atoms with van der Waals surface area (Å²) in [5.41, 5.74) is 3.95. The lowest BCUT2D eigenvalue weighted by molar-refractivity contribution is -0.142. The van der Waals surface area contributed by atoms with Crippen molar-refractivity contribution in [2.45, 2.75) is 44.9 Å². The Kier molecular flexibility index (Phi) is 2.61. The topological polar surface area (TPSA) is 46.3 Å². The van der Waals surface area contributed by atoms with Crippen molar-refractivity contribution in [1.29, 1.82) is 0 Å². The van der Waals surface area contributed by atoms with Crippen molar-refractivity contribution in [3.8, 4) is 0 Å². The number of nitrogens with two attached hydrogens (primary N) is 1. The monoisotopic (exact) mass is 188 g/mol. The summed E-state index contributed by atoms with van der Waals surface area (Å²) in [6, 6.07) is -0.0474. The van der Waals surface area contributed by atoms with Crippen molar-refractivity contribution < 1.29 is 9.18 Å². The third-order valence-corrected chi connectivity index (χ3v) is 2.58. The van der Waals surface area contributed by atoms with Gasteiger partial charge >= 0.3 is 0 Å². The Morgan fingerprint density at radius 1 is 1.62 bits per heavy atom. The molecule has 2 N–H and O–H groups in total. The average molecular weight is 188 g/mol. The standard InChI is InChI=1S/C9H17FN2O/c1-6-7(11)4-5-12(6)8(13)9(2,3)10/h6-7H,4-5,11H2,1-3H3. The summed E-state index contributed by atoms with van der Waals surface area (Å²) in [5.74, 6) is -0.451. The molecule has 0 aliphatic carbocycles. The number of likely N-dealkylation sites (tertiary alicyclic amines) is 1. The minimum atomic E-state index is -1.78. The summed E-state index contributed by atoms with van der Waals surface area (Å²) in [5, 5.41) is 0. The first kappa shape index (κ1) is 10.4. The average Bonchev–Trinajstić information content (AvgIpc) is 2.30. The molecule has 3 nitrogen and oxygen atoms in total. The number of carbonyl (C=O) groups is 1. The van der Waals surface area contributed by atoms with Gasteiger partial charge in [-0.1, -0.05) is 0 Å². The summed E-state index contributed by atoms with van der Waals surface area (Å²) in [6.07, 6.45) is 0.767. The van der Waals surface area contributed by atoms with Crippen molar-refractivity contribution in [3.63, 3.8) is 0 Å². The highest BCUT2D eigenvalue weighted by Crippen LogP contribution is 2.21. The van der Waals surface area contributed by atoms with Crippen LogP contribution in [0.5, 0.6) is 0 Å². The van der Waals surface area contributed by atoms with E-state index in [2.05, 4.69) is 0 Å². The molecule has 1 aliphatic rings. The Morgan fingerprint density at radius 3 is 2.46 bits per heavy atom. The van der Waals surface area contributed by atoms with Crippen LogP contribution in [0.15, 0.2) is 0 Å². The predicted molar refractivity (Wildman–Crippen MR) is 49.0 cm³/mol. The maximum atomic E-state index is 13.3. The van der Waals surface area contributed by atoms with Crippen LogP contribution in [0.25, 0.3) is 0 Å². The molecule has 0 aromatic heterocycles. The fourth-order valence-electron chi connectivity index (χ4n) is 1.59. The number of nitrogens with zero attached hydrogens (tertiary/aromatic N) is 1. The fourth-order valence-corrected chi connectivity index (χ4v) is 1.59. The van der Waals surface area contributed by atoms with E-state index in [0.29, 0.717) is 6.54 Å². The molecule has 1 heterocycles. The molecule has 2 unspecified atom stereocenters. The molecular formula is C9H17FN2O. The zero-order chi connectivity index (χ0) is 10.2. The highest BCUT2D eigenvalue weighted by Gasteiger charge is 2.38. The van der Waals surface area contributed by atoms with Crippen LogP contribution in [0.3, 0.4) is 0 Å². The van der Waals surface area contributed by atoms with Crippen molar-refractivity contribution in [1.82, 2.24) is 4.90 Å². The Hall–Kier alpha value is -0.640. The number of hydrogen-bond donors (Lipinski definition) is 1. The van der Waals surface area contributed by atoms with Crippen molar-refractivity contribution in [2.75, 3.05) is 6.54 Å². The zero-order valence-corrected chi connectivity index (χ0v) is 8.38. The Bertz CT molecular complexity index is 212. The van der Waals surface area contributed by atoms with Crippen LogP contribution in [-0.4, -0.2) is 35.1 Å². The van der Waals surface area contributed by atoms with Crippen molar-refractivity contribution >= 4 is 5.91 Å². The number of alkyl halides is 1. The van der Waals surface area contributed by atoms with E-state index in [1.54, 1.807) is 0 Å². The van der Waals surface area contributed by atoms with Gasteiger partial charge in [0.15, 0.2) is 5.67 Å². The second-order valence-electron chi connectivity index (χ2n) is 4.16. The van der Waals surface area contributed by atoms with Gasteiger partial charge in [0.2, 0.25) is 0 Å². The van der Waals surface area contributed by atoms with Crippen molar-refractivity contribution in [2.24, 2.45) is 5.73 Å². The fraction of sp³-hybridized carbons (Fsp3) is 0.889. The highest BCUT2D eigenvalue weighted by atomic mass is 19.1. The van der Waals surface area contributed by atoms with E-state index in [1.165, 1.54) is 18.7 Å². The number of hydrogen-bond acceptors (Lipinski definition) is 2. The summed E-state index contributed by atoms with van der Waals surface area (Å²) in [4.78, 5) is 13.1. The molecular weight excluding hydrogens is 171 g/mol. The van der Waals surface area contributed by atoms with Gasteiger partial charge in [0.05, 0.1) is 0 Å². The molecule has 4 heteroatoms. The third kappa shape index (κ3) is 1.99. The number of halogens is 1. The van der Waals surface area contributed by atoms with Crippen LogP contribution >= 0.6 is 0 Å². The van der Waals surface area contributed by atoms with Gasteiger partial charge in [-0.15, -0.1) is 0 Å².